The van der Waals surface area contributed by atoms with Gasteiger partial charge in [-0.25, -0.2) is 0 Å². The van der Waals surface area contributed by atoms with Crippen molar-refractivity contribution in [3.05, 3.63) is 35.2 Å². The topological polar surface area (TPSA) is 41.1 Å². The number of carbonyl (C=O) groups is 1. The standard InChI is InChI=1S/C13H14N2OS.ClH/c16-13(15-8-9-6-14-7-9)12-5-10-3-1-2-4-11(10)17-12;/h1-5,9,14H,6-8H2,(H,15,16);1H. The van der Waals surface area contributed by atoms with E-state index in [2.05, 4.69) is 10.6 Å². The molecule has 2 aromatic rings. The maximum absolute atomic E-state index is 11.9. The fourth-order valence-corrected chi connectivity index (χ4v) is 2.89. The Labute approximate surface area is 116 Å². The molecule has 2 heterocycles. The summed E-state index contributed by atoms with van der Waals surface area (Å²) in [6.07, 6.45) is 0. The molecule has 1 aromatic carbocycles. The molecule has 0 aliphatic carbocycles. The zero-order chi connectivity index (χ0) is 11.7. The summed E-state index contributed by atoms with van der Waals surface area (Å²) < 4.78 is 1.17. The number of fused-ring (bicyclic) bond motifs is 1. The molecule has 1 aromatic heterocycles. The molecular formula is C13H15ClN2OS. The molecule has 3 rings (SSSR count). The Kier molecular flexibility index (Phi) is 4.22. The SMILES string of the molecule is Cl.O=C(NCC1CNC1)c1cc2ccccc2s1. The lowest BCUT2D eigenvalue weighted by Crippen LogP contribution is -2.48. The summed E-state index contributed by atoms with van der Waals surface area (Å²) >= 11 is 1.55. The number of hydrogen-bond acceptors (Lipinski definition) is 3. The lowest BCUT2D eigenvalue weighted by molar-refractivity contribution is 0.0946. The number of hydrogen-bond donors (Lipinski definition) is 2. The van der Waals surface area contributed by atoms with Crippen LogP contribution in [0.3, 0.4) is 0 Å². The van der Waals surface area contributed by atoms with E-state index < -0.39 is 0 Å². The monoisotopic (exact) mass is 282 g/mol. The van der Waals surface area contributed by atoms with Crippen LogP contribution in [0.15, 0.2) is 30.3 Å². The minimum absolute atomic E-state index is 0. The highest BCUT2D eigenvalue weighted by molar-refractivity contribution is 7.20. The quantitative estimate of drug-likeness (QED) is 0.907. The van der Waals surface area contributed by atoms with E-state index in [1.165, 1.54) is 4.70 Å². The van der Waals surface area contributed by atoms with Crippen molar-refractivity contribution in [2.24, 2.45) is 5.92 Å². The first-order chi connectivity index (χ1) is 8.33. The summed E-state index contributed by atoms with van der Waals surface area (Å²) in [5.41, 5.74) is 0. The van der Waals surface area contributed by atoms with Crippen LogP contribution < -0.4 is 10.6 Å². The number of amides is 1. The highest BCUT2D eigenvalue weighted by atomic mass is 35.5. The van der Waals surface area contributed by atoms with Crippen molar-refractivity contribution in [3.63, 3.8) is 0 Å². The Hall–Kier alpha value is -1.10. The molecule has 0 unspecified atom stereocenters. The molecular weight excluding hydrogens is 268 g/mol. The lowest BCUT2D eigenvalue weighted by Gasteiger charge is -2.26. The van der Waals surface area contributed by atoms with E-state index in [9.17, 15) is 4.79 Å². The van der Waals surface area contributed by atoms with Crippen LogP contribution >= 0.6 is 23.7 Å². The molecule has 0 atom stereocenters. The van der Waals surface area contributed by atoms with E-state index in [1.807, 2.05) is 30.3 Å². The highest BCUT2D eigenvalue weighted by Gasteiger charge is 2.18. The van der Waals surface area contributed by atoms with Gasteiger partial charge in [0.2, 0.25) is 0 Å². The predicted octanol–water partition coefficient (Wildman–Crippen LogP) is 2.27. The van der Waals surface area contributed by atoms with Gasteiger partial charge in [0.05, 0.1) is 4.88 Å². The number of nitrogens with one attached hydrogen (secondary N) is 2. The summed E-state index contributed by atoms with van der Waals surface area (Å²) in [5.74, 6) is 0.659. The van der Waals surface area contributed by atoms with Gasteiger partial charge in [-0.3, -0.25) is 4.79 Å². The summed E-state index contributed by atoms with van der Waals surface area (Å²) in [6.45, 7) is 2.82. The molecule has 0 saturated carbocycles. The van der Waals surface area contributed by atoms with Crippen LogP contribution in [0.5, 0.6) is 0 Å². The predicted molar refractivity (Wildman–Crippen MR) is 77.8 cm³/mol. The molecule has 1 aliphatic rings. The Balaban J connectivity index is 0.00000120. The second kappa shape index (κ2) is 5.69. The molecule has 2 N–H and O–H groups in total. The van der Waals surface area contributed by atoms with Gasteiger partial charge in [0, 0.05) is 30.3 Å². The summed E-state index contributed by atoms with van der Waals surface area (Å²) in [4.78, 5) is 12.7. The number of rotatable bonds is 3. The van der Waals surface area contributed by atoms with Crippen molar-refractivity contribution in [2.75, 3.05) is 19.6 Å². The Morgan fingerprint density at radius 3 is 2.83 bits per heavy atom. The van der Waals surface area contributed by atoms with Crippen LogP contribution in [0.2, 0.25) is 0 Å². The Bertz CT molecular complexity index is 518. The van der Waals surface area contributed by atoms with Gasteiger partial charge < -0.3 is 10.6 Å². The van der Waals surface area contributed by atoms with Gasteiger partial charge in [0.25, 0.3) is 5.91 Å². The highest BCUT2D eigenvalue weighted by Crippen LogP contribution is 2.25. The van der Waals surface area contributed by atoms with E-state index in [1.54, 1.807) is 11.3 Å². The summed E-state index contributed by atoms with van der Waals surface area (Å²) in [6, 6.07) is 10.1. The molecule has 0 bridgehead atoms. The minimum Gasteiger partial charge on any atom is -0.351 e. The average molecular weight is 283 g/mol. The van der Waals surface area contributed by atoms with Crippen LogP contribution in [0.25, 0.3) is 10.1 Å². The summed E-state index contributed by atoms with van der Waals surface area (Å²) in [7, 11) is 0. The van der Waals surface area contributed by atoms with E-state index in [-0.39, 0.29) is 18.3 Å². The van der Waals surface area contributed by atoms with E-state index in [0.29, 0.717) is 5.92 Å². The Morgan fingerprint density at radius 2 is 2.17 bits per heavy atom. The second-order valence-electron chi connectivity index (χ2n) is 4.38. The maximum atomic E-state index is 11.9. The first-order valence-electron chi connectivity index (χ1n) is 5.80. The van der Waals surface area contributed by atoms with Crippen molar-refractivity contribution in [3.8, 4) is 0 Å². The summed E-state index contributed by atoms with van der Waals surface area (Å²) in [5, 5.41) is 7.34. The molecule has 3 nitrogen and oxygen atoms in total. The van der Waals surface area contributed by atoms with Crippen LogP contribution in [-0.2, 0) is 0 Å². The molecule has 96 valence electrons. The van der Waals surface area contributed by atoms with Crippen LogP contribution in [-0.4, -0.2) is 25.5 Å². The zero-order valence-corrected chi connectivity index (χ0v) is 11.4. The molecule has 1 amide bonds. The van der Waals surface area contributed by atoms with Gasteiger partial charge in [0.15, 0.2) is 0 Å². The zero-order valence-electron chi connectivity index (χ0n) is 9.81. The lowest BCUT2D eigenvalue weighted by atomic mass is 10.0. The maximum Gasteiger partial charge on any atom is 0.261 e. The second-order valence-corrected chi connectivity index (χ2v) is 5.47. The third-order valence-electron chi connectivity index (χ3n) is 3.07. The van der Waals surface area contributed by atoms with Gasteiger partial charge in [-0.15, -0.1) is 23.7 Å². The normalized spacial score (nSPS) is 14.9. The van der Waals surface area contributed by atoms with Crippen molar-refractivity contribution in [1.29, 1.82) is 0 Å². The molecule has 0 spiro atoms. The molecule has 1 fully saturated rings. The number of benzene rings is 1. The van der Waals surface area contributed by atoms with Gasteiger partial charge in [-0.1, -0.05) is 18.2 Å². The Morgan fingerprint density at radius 1 is 1.39 bits per heavy atom. The molecule has 18 heavy (non-hydrogen) atoms. The van der Waals surface area contributed by atoms with Gasteiger partial charge >= 0.3 is 0 Å². The fourth-order valence-electron chi connectivity index (χ4n) is 1.91. The van der Waals surface area contributed by atoms with Crippen molar-refractivity contribution >= 4 is 39.7 Å². The minimum atomic E-state index is 0. The third kappa shape index (κ3) is 2.66. The molecule has 0 radical (unpaired) electrons. The first kappa shape index (κ1) is 13.3. The third-order valence-corrected chi connectivity index (χ3v) is 4.18. The van der Waals surface area contributed by atoms with Crippen molar-refractivity contribution in [1.82, 2.24) is 10.6 Å². The number of halogens is 1. The van der Waals surface area contributed by atoms with Gasteiger partial charge in [-0.05, 0) is 17.5 Å². The number of thiophene rings is 1. The van der Waals surface area contributed by atoms with Crippen molar-refractivity contribution < 1.29 is 4.79 Å². The van der Waals surface area contributed by atoms with E-state index >= 15 is 0 Å². The molecule has 1 aliphatic heterocycles. The van der Waals surface area contributed by atoms with E-state index in [4.69, 9.17) is 0 Å². The number of carbonyl (C=O) groups excluding carboxylic acids is 1. The van der Waals surface area contributed by atoms with Crippen molar-refractivity contribution in [2.45, 2.75) is 0 Å². The van der Waals surface area contributed by atoms with Gasteiger partial charge in [0.1, 0.15) is 0 Å². The smallest absolute Gasteiger partial charge is 0.261 e. The van der Waals surface area contributed by atoms with Gasteiger partial charge in [-0.2, -0.15) is 0 Å². The van der Waals surface area contributed by atoms with Crippen LogP contribution in [0.4, 0.5) is 0 Å². The first-order valence-corrected chi connectivity index (χ1v) is 6.62. The van der Waals surface area contributed by atoms with Crippen LogP contribution in [0, 0.1) is 5.92 Å². The van der Waals surface area contributed by atoms with E-state index in [0.717, 1.165) is 29.9 Å². The molecule has 5 heteroatoms. The molecule has 1 saturated heterocycles. The fraction of sp³-hybridized carbons (Fsp3) is 0.308. The average Bonchev–Trinajstić information content (AvgIpc) is 2.70. The van der Waals surface area contributed by atoms with Crippen LogP contribution in [0.1, 0.15) is 9.67 Å². The largest absolute Gasteiger partial charge is 0.351 e.